The van der Waals surface area contributed by atoms with Crippen molar-refractivity contribution >= 4 is 29.2 Å². The number of nitrogens with zero attached hydrogens (tertiary/aromatic N) is 1. The van der Waals surface area contributed by atoms with Crippen molar-refractivity contribution in [3.05, 3.63) is 69.8 Å². The predicted molar refractivity (Wildman–Crippen MR) is 101 cm³/mol. The van der Waals surface area contributed by atoms with Gasteiger partial charge < -0.3 is 15.4 Å². The maximum atomic E-state index is 12.6. The monoisotopic (exact) mass is 385 g/mol. The molecule has 2 aromatic rings. The lowest BCUT2D eigenvalue weighted by molar-refractivity contribution is -0.385. The van der Waals surface area contributed by atoms with Crippen LogP contribution in [0.15, 0.2) is 48.5 Å². The van der Waals surface area contributed by atoms with E-state index in [1.54, 1.807) is 18.2 Å². The lowest BCUT2D eigenvalue weighted by Gasteiger charge is -2.17. The number of carbonyl (C=O) groups is 3. The second kappa shape index (κ2) is 9.26. The summed E-state index contributed by atoms with van der Waals surface area (Å²) in [4.78, 5) is 46.5. The van der Waals surface area contributed by atoms with Gasteiger partial charge in [-0.25, -0.2) is 4.79 Å². The van der Waals surface area contributed by atoms with Crippen molar-refractivity contribution in [3.8, 4) is 0 Å². The maximum absolute atomic E-state index is 12.6. The Morgan fingerprint density at radius 1 is 1.14 bits per heavy atom. The van der Waals surface area contributed by atoms with Crippen molar-refractivity contribution in [2.24, 2.45) is 0 Å². The summed E-state index contributed by atoms with van der Waals surface area (Å²) in [5.74, 6) is -1.60. The molecule has 28 heavy (non-hydrogen) atoms. The third-order valence-corrected chi connectivity index (χ3v) is 3.85. The van der Waals surface area contributed by atoms with Gasteiger partial charge in [-0.1, -0.05) is 24.3 Å². The number of rotatable bonds is 7. The van der Waals surface area contributed by atoms with Gasteiger partial charge in [-0.05, 0) is 18.2 Å². The van der Waals surface area contributed by atoms with Crippen LogP contribution < -0.4 is 10.6 Å². The van der Waals surface area contributed by atoms with Gasteiger partial charge >= 0.3 is 5.97 Å². The Hall–Kier alpha value is -3.75. The highest BCUT2D eigenvalue weighted by Gasteiger charge is 2.26. The van der Waals surface area contributed by atoms with Gasteiger partial charge in [-0.15, -0.1) is 0 Å². The molecule has 0 heterocycles. The Bertz CT molecular complexity index is 912. The zero-order chi connectivity index (χ0) is 20.7. The number of hydrogen-bond donors (Lipinski definition) is 2. The van der Waals surface area contributed by atoms with Gasteiger partial charge in [0.25, 0.3) is 11.6 Å². The van der Waals surface area contributed by atoms with Crippen LogP contribution in [0, 0.1) is 10.1 Å². The van der Waals surface area contributed by atoms with E-state index in [1.807, 2.05) is 0 Å². The minimum Gasteiger partial charge on any atom is -0.467 e. The number of para-hydroxylation sites is 1. The normalized spacial score (nSPS) is 11.2. The Labute approximate surface area is 160 Å². The quantitative estimate of drug-likeness (QED) is 0.427. The number of amides is 2. The summed E-state index contributed by atoms with van der Waals surface area (Å²) in [6.45, 7) is 1.34. The van der Waals surface area contributed by atoms with Gasteiger partial charge in [0.1, 0.15) is 6.04 Å². The van der Waals surface area contributed by atoms with Gasteiger partial charge in [0.15, 0.2) is 0 Å². The smallest absolute Gasteiger partial charge is 0.328 e. The predicted octanol–water partition coefficient (Wildman–Crippen LogP) is 2.07. The van der Waals surface area contributed by atoms with Crippen LogP contribution in [-0.2, 0) is 20.7 Å². The van der Waals surface area contributed by atoms with Gasteiger partial charge in [-0.3, -0.25) is 19.7 Å². The second-order valence-electron chi connectivity index (χ2n) is 5.90. The Morgan fingerprint density at radius 3 is 2.50 bits per heavy atom. The molecule has 0 aliphatic rings. The van der Waals surface area contributed by atoms with Crippen LogP contribution in [0.1, 0.15) is 22.8 Å². The van der Waals surface area contributed by atoms with Crippen molar-refractivity contribution in [1.82, 2.24) is 5.32 Å². The summed E-state index contributed by atoms with van der Waals surface area (Å²) in [7, 11) is 1.16. The minimum atomic E-state index is -1.12. The molecule has 9 heteroatoms. The van der Waals surface area contributed by atoms with Crippen LogP contribution in [0.5, 0.6) is 0 Å². The Morgan fingerprint density at radius 2 is 1.86 bits per heavy atom. The molecule has 0 radical (unpaired) electrons. The molecule has 0 saturated carbocycles. The highest BCUT2D eigenvalue weighted by Crippen LogP contribution is 2.20. The van der Waals surface area contributed by atoms with Gasteiger partial charge in [0.2, 0.25) is 5.91 Å². The third kappa shape index (κ3) is 5.37. The van der Waals surface area contributed by atoms with Crippen LogP contribution in [0.3, 0.4) is 0 Å². The first-order valence-electron chi connectivity index (χ1n) is 8.30. The summed E-state index contributed by atoms with van der Waals surface area (Å²) >= 11 is 0. The van der Waals surface area contributed by atoms with Crippen LogP contribution in [-0.4, -0.2) is 35.9 Å². The molecular formula is C19H19N3O6. The van der Waals surface area contributed by atoms with Crippen molar-refractivity contribution < 1.29 is 24.0 Å². The summed E-state index contributed by atoms with van der Waals surface area (Å²) in [6, 6.07) is 11.0. The van der Waals surface area contributed by atoms with Gasteiger partial charge in [-0.2, -0.15) is 0 Å². The number of hydrogen-bond acceptors (Lipinski definition) is 6. The number of ether oxygens (including phenoxy) is 1. The fourth-order valence-electron chi connectivity index (χ4n) is 2.60. The zero-order valence-electron chi connectivity index (χ0n) is 15.3. The number of esters is 1. The van der Waals surface area contributed by atoms with E-state index < -0.39 is 22.8 Å². The van der Waals surface area contributed by atoms with Crippen LogP contribution in [0.25, 0.3) is 0 Å². The average molecular weight is 385 g/mol. The molecule has 0 bridgehead atoms. The first-order valence-corrected chi connectivity index (χ1v) is 8.30. The molecule has 2 amide bonds. The molecular weight excluding hydrogens is 366 g/mol. The average Bonchev–Trinajstić information content (AvgIpc) is 2.66. The van der Waals surface area contributed by atoms with E-state index in [9.17, 15) is 24.5 Å². The van der Waals surface area contributed by atoms with E-state index in [4.69, 9.17) is 4.74 Å². The maximum Gasteiger partial charge on any atom is 0.328 e. The molecule has 0 spiro atoms. The van der Waals surface area contributed by atoms with Crippen LogP contribution in [0.4, 0.5) is 11.4 Å². The fourth-order valence-corrected chi connectivity index (χ4v) is 2.60. The largest absolute Gasteiger partial charge is 0.467 e. The van der Waals surface area contributed by atoms with E-state index in [0.29, 0.717) is 5.69 Å². The number of carbonyl (C=O) groups excluding carboxylic acids is 3. The van der Waals surface area contributed by atoms with Crippen LogP contribution in [0.2, 0.25) is 0 Å². The van der Waals surface area contributed by atoms with E-state index in [1.165, 1.54) is 37.3 Å². The zero-order valence-corrected chi connectivity index (χ0v) is 15.3. The molecule has 0 saturated heterocycles. The molecule has 0 fully saturated rings. The molecule has 2 N–H and O–H groups in total. The van der Waals surface area contributed by atoms with E-state index in [-0.39, 0.29) is 29.1 Å². The number of nitro groups is 1. The molecule has 1 atom stereocenters. The summed E-state index contributed by atoms with van der Waals surface area (Å²) < 4.78 is 4.72. The second-order valence-corrected chi connectivity index (χ2v) is 5.90. The van der Waals surface area contributed by atoms with Gasteiger partial charge in [0, 0.05) is 36.2 Å². The molecule has 2 aromatic carbocycles. The molecule has 0 aliphatic carbocycles. The van der Waals surface area contributed by atoms with Crippen molar-refractivity contribution in [2.45, 2.75) is 19.4 Å². The number of benzene rings is 2. The first-order chi connectivity index (χ1) is 13.3. The molecule has 0 aromatic heterocycles. The summed E-state index contributed by atoms with van der Waals surface area (Å²) in [5.41, 5.74) is 0.768. The van der Waals surface area contributed by atoms with Crippen molar-refractivity contribution in [2.75, 3.05) is 12.4 Å². The number of nitro benzene ring substituents is 1. The molecule has 9 nitrogen and oxygen atoms in total. The standard InChI is InChI=1S/C19H19N3O6/c1-12(23)20-15-8-5-7-14(10-15)18(24)21-16(19(25)28-2)11-13-6-3-4-9-17(13)22(26)27/h3-10,16H,11H2,1-2H3,(H,20,23)(H,21,24)/t16-/m0/s1. The first kappa shape index (κ1) is 20.6. The summed E-state index contributed by atoms with van der Waals surface area (Å²) in [6.07, 6.45) is -0.110. The molecule has 2 rings (SSSR count). The topological polar surface area (TPSA) is 128 Å². The number of anilines is 1. The van der Waals surface area contributed by atoms with Crippen molar-refractivity contribution in [1.29, 1.82) is 0 Å². The van der Waals surface area contributed by atoms with E-state index >= 15 is 0 Å². The van der Waals surface area contributed by atoms with Crippen molar-refractivity contribution in [3.63, 3.8) is 0 Å². The van der Waals surface area contributed by atoms with E-state index in [0.717, 1.165) is 7.11 Å². The minimum absolute atomic E-state index is 0.110. The lowest BCUT2D eigenvalue weighted by atomic mass is 10.0. The van der Waals surface area contributed by atoms with E-state index in [2.05, 4.69) is 10.6 Å². The summed E-state index contributed by atoms with van der Waals surface area (Å²) in [5, 5.41) is 16.3. The molecule has 0 unspecified atom stereocenters. The fraction of sp³-hybridized carbons (Fsp3) is 0.211. The number of nitrogens with one attached hydrogen (secondary N) is 2. The highest BCUT2D eigenvalue weighted by molar-refractivity contribution is 5.98. The number of methoxy groups -OCH3 is 1. The Kier molecular flexibility index (Phi) is 6.80. The lowest BCUT2D eigenvalue weighted by Crippen LogP contribution is -2.43. The highest BCUT2D eigenvalue weighted by atomic mass is 16.6. The van der Waals surface area contributed by atoms with Crippen LogP contribution >= 0.6 is 0 Å². The SMILES string of the molecule is COC(=O)[C@H](Cc1ccccc1[N+](=O)[O-])NC(=O)c1cccc(NC(C)=O)c1. The van der Waals surface area contributed by atoms with Gasteiger partial charge in [0.05, 0.1) is 12.0 Å². The molecule has 146 valence electrons. The molecule has 0 aliphatic heterocycles. The Balaban J connectivity index is 2.23. The third-order valence-electron chi connectivity index (χ3n) is 3.85.